The number of hydrogen-bond acceptors (Lipinski definition) is 7. The van der Waals surface area contributed by atoms with Crippen molar-refractivity contribution in [2.45, 2.75) is 63.5 Å². The first-order chi connectivity index (χ1) is 21.5. The molecule has 1 aliphatic carbocycles. The molecule has 1 aromatic heterocycles. The zero-order valence-electron chi connectivity index (χ0n) is 27.0. The van der Waals surface area contributed by atoms with E-state index in [1.165, 1.54) is 0 Å². The van der Waals surface area contributed by atoms with Crippen molar-refractivity contribution < 1.29 is 14.4 Å². The molecule has 236 valence electrons. The zero-order valence-corrected chi connectivity index (χ0v) is 27.0. The van der Waals surface area contributed by atoms with Gasteiger partial charge in [0.2, 0.25) is 5.91 Å². The van der Waals surface area contributed by atoms with E-state index < -0.39 is 5.41 Å². The van der Waals surface area contributed by atoms with Crippen LogP contribution in [0.25, 0.3) is 0 Å². The third kappa shape index (κ3) is 6.07. The van der Waals surface area contributed by atoms with Crippen LogP contribution in [-0.4, -0.2) is 101 Å². The normalized spacial score (nSPS) is 17.4. The second kappa shape index (κ2) is 12.8. The van der Waals surface area contributed by atoms with Gasteiger partial charge in [-0.25, -0.2) is 0 Å². The molecule has 2 atom stereocenters. The minimum atomic E-state index is -0.833. The van der Waals surface area contributed by atoms with Gasteiger partial charge >= 0.3 is 0 Å². The standard InChI is InChI=1S/C34H42N8O3/c1-21(36-20-30(43)42-15-7-8-27(42)19-35)18-34(33-37-22(2)38-39-33)28-13-11-25(31(44)40(3)4)16-23(28)9-10-24-17-26(12-14-29(24)34)32(45)41(5)6/h11-14,16-17,21,27,36H,7-10,15,18,20H2,1-6H3,(H,37,38,39)/t21-,27?/m0/s1. The molecule has 2 aliphatic rings. The van der Waals surface area contributed by atoms with E-state index in [2.05, 4.69) is 26.6 Å². The van der Waals surface area contributed by atoms with Crippen molar-refractivity contribution >= 4 is 17.7 Å². The molecule has 11 heteroatoms. The number of amides is 3. The summed E-state index contributed by atoms with van der Waals surface area (Å²) in [6.45, 7) is 4.61. The molecule has 1 saturated heterocycles. The van der Waals surface area contributed by atoms with Crippen LogP contribution in [-0.2, 0) is 23.1 Å². The third-order valence-corrected chi connectivity index (χ3v) is 9.04. The Kier molecular flexibility index (Phi) is 9.07. The molecule has 0 radical (unpaired) electrons. The molecule has 0 spiro atoms. The molecule has 1 fully saturated rings. The second-order valence-corrected chi connectivity index (χ2v) is 12.7. The van der Waals surface area contributed by atoms with E-state index in [0.717, 1.165) is 28.7 Å². The Balaban J connectivity index is 1.63. The summed E-state index contributed by atoms with van der Waals surface area (Å²) in [5, 5.41) is 22.0. The molecule has 1 aliphatic heterocycles. The average molecular weight is 611 g/mol. The number of nitrogens with one attached hydrogen (secondary N) is 2. The number of nitrogens with zero attached hydrogens (tertiary/aromatic N) is 6. The molecule has 0 saturated carbocycles. The van der Waals surface area contributed by atoms with Gasteiger partial charge in [-0.05, 0) is 92.5 Å². The molecule has 45 heavy (non-hydrogen) atoms. The van der Waals surface area contributed by atoms with Crippen molar-refractivity contribution in [2.24, 2.45) is 0 Å². The van der Waals surface area contributed by atoms with E-state index in [0.29, 0.717) is 55.0 Å². The predicted molar refractivity (Wildman–Crippen MR) is 170 cm³/mol. The van der Waals surface area contributed by atoms with Crippen LogP contribution in [0.2, 0.25) is 0 Å². The Morgan fingerprint density at radius 1 is 1.02 bits per heavy atom. The van der Waals surface area contributed by atoms with Gasteiger partial charge in [0.15, 0.2) is 0 Å². The quantitative estimate of drug-likeness (QED) is 0.400. The summed E-state index contributed by atoms with van der Waals surface area (Å²) < 4.78 is 0. The van der Waals surface area contributed by atoms with Gasteiger partial charge in [-0.15, -0.1) is 10.2 Å². The zero-order chi connectivity index (χ0) is 32.5. The van der Waals surface area contributed by atoms with Crippen molar-refractivity contribution in [3.05, 3.63) is 81.4 Å². The maximum Gasteiger partial charge on any atom is 0.253 e. The van der Waals surface area contributed by atoms with E-state index >= 15 is 0 Å². The molecule has 5 rings (SSSR count). The highest BCUT2D eigenvalue weighted by atomic mass is 16.2. The molecule has 3 aromatic rings. The third-order valence-electron chi connectivity index (χ3n) is 9.04. The largest absolute Gasteiger partial charge is 0.345 e. The lowest BCUT2D eigenvalue weighted by atomic mass is 9.67. The summed E-state index contributed by atoms with van der Waals surface area (Å²) in [7, 11) is 6.96. The van der Waals surface area contributed by atoms with Crippen LogP contribution in [0.1, 0.15) is 80.8 Å². The van der Waals surface area contributed by atoms with Crippen LogP contribution in [0.3, 0.4) is 0 Å². The molecule has 0 bridgehead atoms. The highest BCUT2D eigenvalue weighted by Crippen LogP contribution is 2.47. The number of nitriles is 1. The first kappa shape index (κ1) is 31.9. The van der Waals surface area contributed by atoms with Gasteiger partial charge in [-0.1, -0.05) is 12.1 Å². The molecular formula is C34H42N8O3. The van der Waals surface area contributed by atoms with Crippen molar-refractivity contribution in [3.8, 4) is 6.07 Å². The summed E-state index contributed by atoms with van der Waals surface area (Å²) in [4.78, 5) is 47.4. The summed E-state index contributed by atoms with van der Waals surface area (Å²) in [6.07, 6.45) is 3.37. The maximum atomic E-state index is 13.1. The van der Waals surface area contributed by atoms with Gasteiger partial charge in [0.1, 0.15) is 17.7 Å². The van der Waals surface area contributed by atoms with Gasteiger partial charge in [-0.3, -0.25) is 14.4 Å². The Labute approximate surface area is 264 Å². The van der Waals surface area contributed by atoms with Crippen molar-refractivity contribution in [1.29, 1.82) is 5.26 Å². The number of likely N-dealkylation sites (tertiary alicyclic amines) is 1. The molecule has 2 N–H and O–H groups in total. The number of hydrogen-bond donors (Lipinski definition) is 2. The van der Waals surface area contributed by atoms with E-state index in [-0.39, 0.29) is 36.3 Å². The van der Waals surface area contributed by atoms with E-state index in [9.17, 15) is 19.6 Å². The molecule has 2 aromatic carbocycles. The van der Waals surface area contributed by atoms with Crippen LogP contribution in [0, 0.1) is 18.3 Å². The number of aryl methyl sites for hydroxylation is 3. The Morgan fingerprint density at radius 3 is 2.09 bits per heavy atom. The Morgan fingerprint density at radius 2 is 1.60 bits per heavy atom. The van der Waals surface area contributed by atoms with Gasteiger partial charge in [0.05, 0.1) is 18.0 Å². The van der Waals surface area contributed by atoms with Crippen LogP contribution in [0.15, 0.2) is 36.4 Å². The Bertz CT molecular complexity index is 1580. The molecule has 3 amide bonds. The topological polar surface area (TPSA) is 138 Å². The number of aromatic nitrogens is 3. The van der Waals surface area contributed by atoms with Crippen LogP contribution in [0.4, 0.5) is 0 Å². The van der Waals surface area contributed by atoms with Gasteiger partial charge in [0.25, 0.3) is 11.8 Å². The van der Waals surface area contributed by atoms with E-state index in [4.69, 9.17) is 0 Å². The fourth-order valence-corrected chi connectivity index (χ4v) is 6.83. The SMILES string of the molecule is Cc1nnc(C2(C[C@H](C)NCC(=O)N3CCCC3C#N)c3ccc(C(=O)N(C)C)cc3CCc3cc(C(=O)N(C)C)ccc32)[nH]1. The number of fused-ring (bicyclic) bond motifs is 2. The number of benzene rings is 2. The minimum Gasteiger partial charge on any atom is -0.345 e. The lowest BCUT2D eigenvalue weighted by molar-refractivity contribution is -0.130. The lowest BCUT2D eigenvalue weighted by Crippen LogP contribution is -2.45. The van der Waals surface area contributed by atoms with Crippen molar-refractivity contribution in [2.75, 3.05) is 41.3 Å². The van der Waals surface area contributed by atoms with E-state index in [1.54, 1.807) is 42.9 Å². The number of carbonyl (C=O) groups excluding carboxylic acids is 3. The lowest BCUT2D eigenvalue weighted by Gasteiger charge is -2.37. The number of rotatable bonds is 8. The van der Waals surface area contributed by atoms with Crippen molar-refractivity contribution in [1.82, 2.24) is 35.2 Å². The molecule has 11 nitrogen and oxygen atoms in total. The van der Waals surface area contributed by atoms with Gasteiger partial charge in [-0.2, -0.15) is 5.26 Å². The van der Waals surface area contributed by atoms with E-state index in [1.807, 2.05) is 50.2 Å². The smallest absolute Gasteiger partial charge is 0.253 e. The van der Waals surface area contributed by atoms with Crippen molar-refractivity contribution in [3.63, 3.8) is 0 Å². The first-order valence-electron chi connectivity index (χ1n) is 15.5. The first-order valence-corrected chi connectivity index (χ1v) is 15.5. The minimum absolute atomic E-state index is 0.0781. The second-order valence-electron chi connectivity index (χ2n) is 12.7. The molecular weight excluding hydrogens is 568 g/mol. The van der Waals surface area contributed by atoms with Crippen LogP contribution >= 0.6 is 0 Å². The summed E-state index contributed by atoms with van der Waals surface area (Å²) in [5.41, 5.74) is 4.42. The van der Waals surface area contributed by atoms with Gasteiger partial charge < -0.3 is 25.0 Å². The van der Waals surface area contributed by atoms with Crippen LogP contribution in [0.5, 0.6) is 0 Å². The summed E-state index contributed by atoms with van der Waals surface area (Å²) >= 11 is 0. The fourth-order valence-electron chi connectivity index (χ4n) is 6.83. The number of carbonyl (C=O) groups is 3. The molecule has 1 unspecified atom stereocenters. The number of H-pyrrole nitrogens is 1. The van der Waals surface area contributed by atoms with Gasteiger partial charge in [0, 0.05) is 51.9 Å². The predicted octanol–water partition coefficient (Wildman–Crippen LogP) is 2.83. The summed E-state index contributed by atoms with van der Waals surface area (Å²) in [6, 6.07) is 13.4. The summed E-state index contributed by atoms with van der Waals surface area (Å²) in [5.74, 6) is 1.09. The highest BCUT2D eigenvalue weighted by molar-refractivity contribution is 5.95. The fraction of sp³-hybridized carbons (Fsp3) is 0.471. The average Bonchev–Trinajstić information content (AvgIpc) is 3.67. The molecule has 2 heterocycles. The maximum absolute atomic E-state index is 13.1. The van der Waals surface area contributed by atoms with Crippen LogP contribution < -0.4 is 5.32 Å². The monoisotopic (exact) mass is 610 g/mol. The number of aromatic amines is 1. The highest BCUT2D eigenvalue weighted by Gasteiger charge is 2.45. The Hall–Kier alpha value is -4.56.